The molecule has 0 saturated heterocycles. The lowest BCUT2D eigenvalue weighted by molar-refractivity contribution is 0.393. The third-order valence-corrected chi connectivity index (χ3v) is 7.63. The smallest absolute Gasteiger partial charge is 0.243 e. The molecule has 9 heteroatoms. The summed E-state index contributed by atoms with van der Waals surface area (Å²) in [5, 5.41) is 7.34. The van der Waals surface area contributed by atoms with Gasteiger partial charge in [-0.05, 0) is 63.1 Å². The Morgan fingerprint density at radius 1 is 1.17 bits per heavy atom. The maximum atomic E-state index is 13.4. The summed E-state index contributed by atoms with van der Waals surface area (Å²) in [5.41, 5.74) is 3.43. The zero-order chi connectivity index (χ0) is 20.9. The fraction of sp³-hybridized carbons (Fsp3) is 0.524. The SMILES string of the molecule is Cc1noc(C)c1-c1cc(S(=O)(=O)NC2CCCC2)c2nc(NCC3CC3)[nH]c2c1. The average Bonchev–Trinajstić information content (AvgIpc) is 3.06. The molecule has 1 aromatic carbocycles. The van der Waals surface area contributed by atoms with Crippen LogP contribution in [0.1, 0.15) is 50.0 Å². The molecular weight excluding hydrogens is 402 g/mol. The Balaban J connectivity index is 1.61. The van der Waals surface area contributed by atoms with Gasteiger partial charge in [0.05, 0.1) is 11.2 Å². The third kappa shape index (κ3) is 3.72. The van der Waals surface area contributed by atoms with E-state index in [0.717, 1.165) is 49.0 Å². The van der Waals surface area contributed by atoms with Gasteiger partial charge in [-0.1, -0.05) is 18.0 Å². The topological polar surface area (TPSA) is 113 Å². The Morgan fingerprint density at radius 3 is 2.60 bits per heavy atom. The number of nitrogens with one attached hydrogen (secondary N) is 3. The summed E-state index contributed by atoms with van der Waals surface area (Å²) in [5.74, 6) is 1.94. The van der Waals surface area contributed by atoms with Gasteiger partial charge in [-0.2, -0.15) is 0 Å². The van der Waals surface area contributed by atoms with Gasteiger partial charge in [0, 0.05) is 18.2 Å². The second-order valence-corrected chi connectivity index (χ2v) is 10.3. The molecule has 2 saturated carbocycles. The summed E-state index contributed by atoms with van der Waals surface area (Å²) in [4.78, 5) is 8.05. The normalized spacial score (nSPS) is 17.8. The van der Waals surface area contributed by atoms with Crippen LogP contribution in [-0.4, -0.2) is 36.1 Å². The van der Waals surface area contributed by atoms with Gasteiger partial charge in [0.15, 0.2) is 0 Å². The Labute approximate surface area is 175 Å². The summed E-state index contributed by atoms with van der Waals surface area (Å²) < 4.78 is 34.9. The van der Waals surface area contributed by atoms with Gasteiger partial charge in [-0.3, -0.25) is 0 Å². The lowest BCUT2D eigenvalue weighted by Gasteiger charge is -2.14. The average molecular weight is 430 g/mol. The molecule has 0 radical (unpaired) electrons. The number of aromatic nitrogens is 3. The molecule has 3 aromatic rings. The van der Waals surface area contributed by atoms with Crippen molar-refractivity contribution in [3.05, 3.63) is 23.6 Å². The van der Waals surface area contributed by atoms with E-state index in [-0.39, 0.29) is 10.9 Å². The van der Waals surface area contributed by atoms with Gasteiger partial charge in [-0.15, -0.1) is 0 Å². The van der Waals surface area contributed by atoms with Gasteiger partial charge in [0.25, 0.3) is 0 Å². The minimum Gasteiger partial charge on any atom is -0.361 e. The molecule has 0 atom stereocenters. The maximum absolute atomic E-state index is 13.4. The van der Waals surface area contributed by atoms with Crippen molar-refractivity contribution in [2.75, 3.05) is 11.9 Å². The number of aryl methyl sites for hydroxylation is 2. The second-order valence-electron chi connectivity index (χ2n) is 8.58. The lowest BCUT2D eigenvalue weighted by Crippen LogP contribution is -2.32. The number of nitrogens with zero attached hydrogens (tertiary/aromatic N) is 2. The summed E-state index contributed by atoms with van der Waals surface area (Å²) in [6, 6.07) is 3.60. The molecule has 2 aliphatic carbocycles. The van der Waals surface area contributed by atoms with Crippen LogP contribution in [0.15, 0.2) is 21.6 Å². The van der Waals surface area contributed by atoms with E-state index in [0.29, 0.717) is 28.7 Å². The molecule has 0 unspecified atom stereocenters. The highest BCUT2D eigenvalue weighted by Crippen LogP contribution is 2.34. The number of fused-ring (bicyclic) bond motifs is 1. The highest BCUT2D eigenvalue weighted by Gasteiger charge is 2.28. The number of anilines is 1. The molecule has 0 amide bonds. The molecule has 0 aliphatic heterocycles. The molecule has 2 aliphatic rings. The summed E-state index contributed by atoms with van der Waals surface area (Å²) in [7, 11) is -3.73. The first-order valence-corrected chi connectivity index (χ1v) is 12.1. The fourth-order valence-corrected chi connectivity index (χ4v) is 5.80. The molecule has 2 heterocycles. The number of hydrogen-bond acceptors (Lipinski definition) is 6. The van der Waals surface area contributed by atoms with Crippen LogP contribution >= 0.6 is 0 Å². The first kappa shape index (κ1) is 19.6. The monoisotopic (exact) mass is 429 g/mol. The molecule has 30 heavy (non-hydrogen) atoms. The minimum atomic E-state index is -3.73. The van der Waals surface area contributed by atoms with Crippen molar-refractivity contribution in [3.63, 3.8) is 0 Å². The van der Waals surface area contributed by atoms with Gasteiger partial charge in [-0.25, -0.2) is 18.1 Å². The molecule has 0 spiro atoms. The molecule has 3 N–H and O–H groups in total. The summed E-state index contributed by atoms with van der Waals surface area (Å²) in [6.45, 7) is 4.54. The van der Waals surface area contributed by atoms with E-state index in [1.54, 1.807) is 6.07 Å². The number of H-pyrrole nitrogens is 1. The standard InChI is InChI=1S/C21H27N5O3S/c1-12-19(13(2)29-25-12)15-9-17-20(24-21(23-17)22-11-14-7-8-14)18(10-15)30(27,28)26-16-5-3-4-6-16/h9-10,14,16,26H,3-8,11H2,1-2H3,(H2,22,23,24). The van der Waals surface area contributed by atoms with E-state index >= 15 is 0 Å². The number of rotatable bonds is 7. The molecule has 5 rings (SSSR count). The van der Waals surface area contributed by atoms with Crippen molar-refractivity contribution in [1.82, 2.24) is 19.8 Å². The van der Waals surface area contributed by atoms with E-state index in [9.17, 15) is 8.42 Å². The van der Waals surface area contributed by atoms with Gasteiger partial charge < -0.3 is 14.8 Å². The van der Waals surface area contributed by atoms with E-state index in [2.05, 4.69) is 25.2 Å². The van der Waals surface area contributed by atoms with Crippen LogP contribution in [0.25, 0.3) is 22.2 Å². The zero-order valence-electron chi connectivity index (χ0n) is 17.3. The summed E-state index contributed by atoms with van der Waals surface area (Å²) in [6.07, 6.45) is 6.32. The second kappa shape index (κ2) is 7.39. The van der Waals surface area contributed by atoms with Crippen LogP contribution in [0.5, 0.6) is 0 Å². The first-order valence-electron chi connectivity index (χ1n) is 10.6. The molecular formula is C21H27N5O3S. The Bertz CT molecular complexity index is 1170. The highest BCUT2D eigenvalue weighted by atomic mass is 32.2. The van der Waals surface area contributed by atoms with Crippen LogP contribution in [0, 0.1) is 19.8 Å². The van der Waals surface area contributed by atoms with Crippen LogP contribution in [0.2, 0.25) is 0 Å². The van der Waals surface area contributed by atoms with Crippen molar-refractivity contribution in [2.24, 2.45) is 5.92 Å². The Hall–Kier alpha value is -2.39. The number of aromatic amines is 1. The first-order chi connectivity index (χ1) is 14.4. The van der Waals surface area contributed by atoms with E-state index < -0.39 is 10.0 Å². The van der Waals surface area contributed by atoms with E-state index in [4.69, 9.17) is 4.52 Å². The number of hydrogen-bond donors (Lipinski definition) is 3. The van der Waals surface area contributed by atoms with Crippen molar-refractivity contribution in [3.8, 4) is 11.1 Å². The Kier molecular flexibility index (Phi) is 4.82. The fourth-order valence-electron chi connectivity index (χ4n) is 4.30. The summed E-state index contributed by atoms with van der Waals surface area (Å²) >= 11 is 0. The Morgan fingerprint density at radius 2 is 1.93 bits per heavy atom. The third-order valence-electron chi connectivity index (χ3n) is 6.10. The van der Waals surface area contributed by atoms with Crippen LogP contribution in [0.3, 0.4) is 0 Å². The van der Waals surface area contributed by atoms with E-state index in [1.165, 1.54) is 12.8 Å². The van der Waals surface area contributed by atoms with Crippen LogP contribution in [-0.2, 0) is 10.0 Å². The molecule has 0 bridgehead atoms. The quantitative estimate of drug-likeness (QED) is 0.525. The molecule has 8 nitrogen and oxygen atoms in total. The van der Waals surface area contributed by atoms with Crippen molar-refractivity contribution < 1.29 is 12.9 Å². The van der Waals surface area contributed by atoms with E-state index in [1.807, 2.05) is 19.9 Å². The highest BCUT2D eigenvalue weighted by molar-refractivity contribution is 7.89. The van der Waals surface area contributed by atoms with Crippen molar-refractivity contribution in [2.45, 2.75) is 63.3 Å². The van der Waals surface area contributed by atoms with Gasteiger partial charge >= 0.3 is 0 Å². The van der Waals surface area contributed by atoms with Gasteiger partial charge in [0.2, 0.25) is 16.0 Å². The number of imidazole rings is 1. The minimum absolute atomic E-state index is 0.0147. The van der Waals surface area contributed by atoms with Crippen LogP contribution < -0.4 is 10.0 Å². The molecule has 160 valence electrons. The van der Waals surface area contributed by atoms with Crippen molar-refractivity contribution >= 4 is 27.0 Å². The van der Waals surface area contributed by atoms with Gasteiger partial charge in [0.1, 0.15) is 16.2 Å². The number of sulfonamides is 1. The maximum Gasteiger partial charge on any atom is 0.243 e. The molecule has 2 aromatic heterocycles. The molecule has 2 fully saturated rings. The largest absolute Gasteiger partial charge is 0.361 e. The van der Waals surface area contributed by atoms with Crippen LogP contribution in [0.4, 0.5) is 5.95 Å². The zero-order valence-corrected chi connectivity index (χ0v) is 18.1. The predicted molar refractivity (Wildman–Crippen MR) is 115 cm³/mol. The number of benzene rings is 1. The van der Waals surface area contributed by atoms with Crippen molar-refractivity contribution in [1.29, 1.82) is 0 Å². The predicted octanol–water partition coefficient (Wildman–Crippen LogP) is 3.88. The lowest BCUT2D eigenvalue weighted by atomic mass is 10.0.